The molecule has 172 valence electrons. The van der Waals surface area contributed by atoms with Gasteiger partial charge in [-0.15, -0.1) is 0 Å². The first kappa shape index (κ1) is 31.6. The van der Waals surface area contributed by atoms with E-state index in [1.54, 1.807) is 0 Å². The van der Waals surface area contributed by atoms with E-state index < -0.39 is 15.2 Å². The van der Waals surface area contributed by atoms with Gasteiger partial charge in [-0.3, -0.25) is 0 Å². The zero-order valence-corrected chi connectivity index (χ0v) is 26.4. The summed E-state index contributed by atoms with van der Waals surface area (Å²) in [6.07, 6.45) is 0. The van der Waals surface area contributed by atoms with Crippen LogP contribution < -0.4 is 0 Å². The fraction of sp³-hybridized carbons (Fsp3) is 0.960. The number of hydrogen-bond acceptors (Lipinski definition) is 0. The maximum absolute atomic E-state index is 7.50. The minimum absolute atomic E-state index is 0.377. The van der Waals surface area contributed by atoms with Crippen molar-refractivity contribution in [1.82, 2.24) is 0 Å². The van der Waals surface area contributed by atoms with E-state index >= 15 is 0 Å². The Morgan fingerprint density at radius 3 is 0.552 bits per heavy atom. The summed E-state index contributed by atoms with van der Waals surface area (Å²) in [4.78, 5) is 0. The van der Waals surface area contributed by atoms with Gasteiger partial charge in [0.25, 0.3) is 0 Å². The van der Waals surface area contributed by atoms with Gasteiger partial charge in [0, 0.05) is 8.55 Å². The Bertz CT molecular complexity index is 427. The first-order chi connectivity index (χ1) is 12.2. The van der Waals surface area contributed by atoms with Gasteiger partial charge in [0.05, 0.1) is 15.2 Å². The van der Waals surface area contributed by atoms with Crippen LogP contribution in [0.3, 0.4) is 0 Å². The third-order valence-electron chi connectivity index (χ3n) is 7.12. The molecule has 0 aliphatic heterocycles. The summed E-state index contributed by atoms with van der Waals surface area (Å²) < 4.78 is 7.50. The van der Waals surface area contributed by atoms with Crippen molar-refractivity contribution in [3.05, 3.63) is 6.65 Å². The molecule has 0 atom stereocenters. The van der Waals surface area contributed by atoms with Crippen molar-refractivity contribution in [1.29, 1.82) is 0 Å². The first-order valence-corrected chi connectivity index (χ1v) is 18.2. The van der Waals surface area contributed by atoms with Crippen LogP contribution in [0.25, 0.3) is 0 Å². The van der Waals surface area contributed by atoms with Crippen molar-refractivity contribution in [2.45, 2.75) is 155 Å². The van der Waals surface area contributed by atoms with Crippen LogP contribution in [0.5, 0.6) is 0 Å². The van der Waals surface area contributed by atoms with Crippen molar-refractivity contribution >= 4 is 23.7 Å². The zero-order valence-electron chi connectivity index (χ0n) is 23.4. The van der Waals surface area contributed by atoms with Crippen LogP contribution >= 0.6 is 0 Å². The quantitative estimate of drug-likeness (QED) is 0.225. The second-order valence-corrected chi connectivity index (χ2v) is 34.9. The molecule has 0 aromatic rings. The summed E-state index contributed by atoms with van der Waals surface area (Å²) in [7, 11) is -2.41. The molecule has 0 unspecified atom stereocenters. The van der Waals surface area contributed by atoms with E-state index in [0.717, 1.165) is 8.55 Å². The molecule has 0 aromatic heterocycles. The van der Waals surface area contributed by atoms with Gasteiger partial charge in [0.1, 0.15) is 0 Å². The van der Waals surface area contributed by atoms with Gasteiger partial charge in [0.2, 0.25) is 0 Å². The van der Waals surface area contributed by atoms with Crippen LogP contribution in [0.2, 0.25) is 30.2 Å². The molecule has 0 fully saturated rings. The molecule has 0 aromatic carbocycles. The van der Waals surface area contributed by atoms with Crippen LogP contribution in [0.4, 0.5) is 0 Å². The van der Waals surface area contributed by atoms with Crippen molar-refractivity contribution in [2.24, 2.45) is 0 Å². The zero-order chi connectivity index (χ0) is 24.7. The fourth-order valence-corrected chi connectivity index (χ4v) is 58.2. The number of hydrogen-bond donors (Lipinski definition) is 0. The Morgan fingerprint density at radius 2 is 0.483 bits per heavy atom. The molecule has 0 rings (SSSR count). The first-order valence-electron chi connectivity index (χ1n) is 11.2. The second-order valence-electron chi connectivity index (χ2n) is 15.1. The van der Waals surface area contributed by atoms with Crippen LogP contribution in [0, 0.1) is 6.65 Å². The molecule has 29 heavy (non-hydrogen) atoms. The molecule has 0 amide bonds. The van der Waals surface area contributed by atoms with E-state index in [0.29, 0.717) is 30.2 Å². The van der Waals surface area contributed by atoms with E-state index in [-0.39, 0.29) is 0 Å². The average molecular weight is 455 g/mol. The summed E-state index contributed by atoms with van der Waals surface area (Å²) >= 11 is 0. The van der Waals surface area contributed by atoms with Gasteiger partial charge in [-0.05, 0) is 30.2 Å². The normalized spacial score (nSPS) is 15.6. The molecule has 0 spiro atoms. The van der Waals surface area contributed by atoms with Gasteiger partial charge in [0.15, 0.2) is 0 Å². The molecule has 0 aliphatic rings. The van der Waals surface area contributed by atoms with Crippen molar-refractivity contribution < 1.29 is 4.65 Å². The van der Waals surface area contributed by atoms with E-state index in [1.807, 2.05) is 0 Å². The summed E-state index contributed by atoms with van der Waals surface area (Å²) in [6.45, 7) is 50.9. The van der Waals surface area contributed by atoms with Gasteiger partial charge in [-0.1, -0.05) is 125 Å². The molecule has 0 bridgehead atoms. The maximum atomic E-state index is 7.50. The van der Waals surface area contributed by atoms with Gasteiger partial charge < -0.3 is 0 Å². The predicted octanol–water partition coefficient (Wildman–Crippen LogP) is 9.34. The Hall–Kier alpha value is 0.391. The Labute approximate surface area is 189 Å². The van der Waals surface area contributed by atoms with Crippen LogP contribution in [0.15, 0.2) is 0 Å². The minimum atomic E-state index is -1.78. The molecular weight excluding hydrogens is 401 g/mol. The molecule has 2 radical (unpaired) electrons. The molecule has 0 saturated carbocycles. The monoisotopic (exact) mass is 454 g/mol. The van der Waals surface area contributed by atoms with Crippen molar-refractivity contribution in [3.8, 4) is 0 Å². The topological polar surface area (TPSA) is 19.9 Å². The molecular formula is C25H54OSi3. The molecule has 0 heterocycles. The van der Waals surface area contributed by atoms with Crippen molar-refractivity contribution in [3.63, 3.8) is 0 Å². The average Bonchev–Trinajstić information content (AvgIpc) is 2.31. The Balaban J connectivity index is 0. The molecule has 0 aliphatic carbocycles. The summed E-state index contributed by atoms with van der Waals surface area (Å²) in [5.74, 6) is 0. The Morgan fingerprint density at radius 1 is 0.379 bits per heavy atom. The third kappa shape index (κ3) is 5.42. The van der Waals surface area contributed by atoms with Crippen LogP contribution in [-0.2, 0) is 4.65 Å². The fourth-order valence-electron chi connectivity index (χ4n) is 8.16. The molecule has 0 saturated heterocycles. The van der Waals surface area contributed by atoms with E-state index in [4.69, 9.17) is 4.65 Å². The SMILES string of the molecule is CC(C)(C)[Si]([Si][Si](C(C)(C)C)(C(C)(C)C)C(C)(C)C)(C(C)(C)C)C(C)(C)C.[C-]#[O+]. The van der Waals surface area contributed by atoms with Gasteiger partial charge in [-0.25, -0.2) is 0 Å². The van der Waals surface area contributed by atoms with E-state index in [1.165, 1.54) is 0 Å². The standard InChI is InChI=1S/C24H54Si3.CO/c1-19(2,3)26(20(4,5)6,21(7,8)9)25-27(22(10,11)12,23(13,14)15)24(16,17)18;1-2/h1-18H3;. The predicted molar refractivity (Wildman–Crippen MR) is 139 cm³/mol. The molecule has 0 N–H and O–H groups in total. The van der Waals surface area contributed by atoms with Crippen LogP contribution in [0.1, 0.15) is 125 Å². The van der Waals surface area contributed by atoms with Crippen LogP contribution in [-0.4, -0.2) is 23.7 Å². The third-order valence-corrected chi connectivity index (χ3v) is 43.9. The summed E-state index contributed by atoms with van der Waals surface area (Å²) in [5.41, 5.74) is 0. The van der Waals surface area contributed by atoms with Gasteiger partial charge in [-0.2, -0.15) is 0 Å². The molecule has 1 nitrogen and oxygen atoms in total. The van der Waals surface area contributed by atoms with Gasteiger partial charge >= 0.3 is 11.3 Å². The molecule has 4 heteroatoms. The summed E-state index contributed by atoms with van der Waals surface area (Å²) in [5, 5.41) is 2.26. The van der Waals surface area contributed by atoms with E-state index in [9.17, 15) is 0 Å². The summed E-state index contributed by atoms with van der Waals surface area (Å²) in [6, 6.07) is 0. The Kier molecular flexibility index (Phi) is 9.51. The second kappa shape index (κ2) is 8.73. The van der Waals surface area contributed by atoms with E-state index in [2.05, 4.69) is 131 Å². The number of rotatable bonds is 2. The van der Waals surface area contributed by atoms with Crippen molar-refractivity contribution in [2.75, 3.05) is 0 Å².